The van der Waals surface area contributed by atoms with Crippen molar-refractivity contribution in [3.63, 3.8) is 0 Å². The molecule has 0 bridgehead atoms. The molecule has 0 aliphatic heterocycles. The van der Waals surface area contributed by atoms with E-state index in [-0.39, 0.29) is 0 Å². The van der Waals surface area contributed by atoms with Gasteiger partial charge < -0.3 is 5.32 Å². The normalized spacial score (nSPS) is 23.7. The van der Waals surface area contributed by atoms with Gasteiger partial charge in [-0.1, -0.05) is 33.6 Å². The molecule has 114 valence electrons. The van der Waals surface area contributed by atoms with Gasteiger partial charge in [0.15, 0.2) is 0 Å². The molecule has 1 heterocycles. The SMILES string of the molecule is CCCNC(c1ccnn1CC)C1CCCCC1(C)C. The molecule has 1 N–H and O–H groups in total. The lowest BCUT2D eigenvalue weighted by atomic mass is 9.65. The minimum Gasteiger partial charge on any atom is -0.308 e. The minimum atomic E-state index is 0.423. The molecular formula is C17H31N3. The van der Waals surface area contributed by atoms with Gasteiger partial charge in [-0.3, -0.25) is 4.68 Å². The Morgan fingerprint density at radius 1 is 1.40 bits per heavy atom. The van der Waals surface area contributed by atoms with Crippen molar-refractivity contribution in [2.75, 3.05) is 6.54 Å². The Bertz CT molecular complexity index is 408. The van der Waals surface area contributed by atoms with Crippen molar-refractivity contribution in [3.8, 4) is 0 Å². The van der Waals surface area contributed by atoms with Crippen LogP contribution in [0.15, 0.2) is 12.3 Å². The molecule has 20 heavy (non-hydrogen) atoms. The van der Waals surface area contributed by atoms with E-state index in [1.165, 1.54) is 37.8 Å². The summed E-state index contributed by atoms with van der Waals surface area (Å²) in [6, 6.07) is 2.66. The highest BCUT2D eigenvalue weighted by Crippen LogP contribution is 2.46. The number of hydrogen-bond donors (Lipinski definition) is 1. The van der Waals surface area contributed by atoms with Gasteiger partial charge in [0.2, 0.25) is 0 Å². The lowest BCUT2D eigenvalue weighted by Gasteiger charge is -2.43. The highest BCUT2D eigenvalue weighted by atomic mass is 15.3. The molecule has 2 unspecified atom stereocenters. The molecule has 0 aromatic carbocycles. The van der Waals surface area contributed by atoms with Crippen LogP contribution in [0.3, 0.4) is 0 Å². The smallest absolute Gasteiger partial charge is 0.0556 e. The molecule has 0 radical (unpaired) electrons. The first-order valence-electron chi connectivity index (χ1n) is 8.35. The summed E-state index contributed by atoms with van der Waals surface area (Å²) in [5.41, 5.74) is 1.80. The molecule has 1 aromatic heterocycles. The van der Waals surface area contributed by atoms with Crippen molar-refractivity contribution < 1.29 is 0 Å². The molecule has 1 saturated carbocycles. The molecule has 2 atom stereocenters. The summed E-state index contributed by atoms with van der Waals surface area (Å²) in [5.74, 6) is 0.713. The predicted octanol–water partition coefficient (Wildman–Crippen LogP) is 4.16. The van der Waals surface area contributed by atoms with E-state index in [0.29, 0.717) is 17.4 Å². The second-order valence-corrected chi connectivity index (χ2v) is 6.84. The summed E-state index contributed by atoms with van der Waals surface area (Å²) in [5, 5.41) is 8.29. The van der Waals surface area contributed by atoms with Crippen molar-refractivity contribution in [1.82, 2.24) is 15.1 Å². The molecule has 0 spiro atoms. The fraction of sp³-hybridized carbons (Fsp3) is 0.824. The van der Waals surface area contributed by atoms with Crippen LogP contribution >= 0.6 is 0 Å². The summed E-state index contributed by atoms with van der Waals surface area (Å²) < 4.78 is 2.16. The minimum absolute atomic E-state index is 0.423. The lowest BCUT2D eigenvalue weighted by Crippen LogP contribution is -2.40. The van der Waals surface area contributed by atoms with Crippen LogP contribution in [-0.4, -0.2) is 16.3 Å². The van der Waals surface area contributed by atoms with Crippen LogP contribution in [0.5, 0.6) is 0 Å². The number of hydrogen-bond acceptors (Lipinski definition) is 2. The van der Waals surface area contributed by atoms with Gasteiger partial charge in [0.25, 0.3) is 0 Å². The van der Waals surface area contributed by atoms with Gasteiger partial charge in [0.05, 0.1) is 11.7 Å². The maximum Gasteiger partial charge on any atom is 0.0556 e. The zero-order valence-electron chi connectivity index (χ0n) is 13.7. The van der Waals surface area contributed by atoms with Gasteiger partial charge >= 0.3 is 0 Å². The topological polar surface area (TPSA) is 29.9 Å². The molecule has 1 aliphatic carbocycles. The second-order valence-electron chi connectivity index (χ2n) is 6.84. The molecule has 2 rings (SSSR count). The van der Waals surface area contributed by atoms with Crippen LogP contribution in [-0.2, 0) is 6.54 Å². The average Bonchev–Trinajstić information content (AvgIpc) is 2.89. The first-order chi connectivity index (χ1) is 9.60. The highest BCUT2D eigenvalue weighted by Gasteiger charge is 2.38. The Balaban J connectivity index is 2.27. The average molecular weight is 277 g/mol. The molecule has 1 fully saturated rings. The molecule has 1 aliphatic rings. The number of rotatable bonds is 6. The third kappa shape index (κ3) is 3.25. The lowest BCUT2D eigenvalue weighted by molar-refractivity contribution is 0.0947. The zero-order chi connectivity index (χ0) is 14.6. The molecular weight excluding hydrogens is 246 g/mol. The third-order valence-electron chi connectivity index (χ3n) is 4.97. The zero-order valence-corrected chi connectivity index (χ0v) is 13.7. The Morgan fingerprint density at radius 3 is 2.85 bits per heavy atom. The maximum absolute atomic E-state index is 4.48. The second kappa shape index (κ2) is 6.75. The summed E-state index contributed by atoms with van der Waals surface area (Å²) >= 11 is 0. The van der Waals surface area contributed by atoms with E-state index < -0.39 is 0 Å². The fourth-order valence-corrected chi connectivity index (χ4v) is 3.76. The summed E-state index contributed by atoms with van der Waals surface area (Å²) in [4.78, 5) is 0. The molecule has 3 nitrogen and oxygen atoms in total. The van der Waals surface area contributed by atoms with Gasteiger partial charge in [-0.25, -0.2) is 0 Å². The quantitative estimate of drug-likeness (QED) is 0.846. The Morgan fingerprint density at radius 2 is 2.20 bits per heavy atom. The summed E-state index contributed by atoms with van der Waals surface area (Å²) in [7, 11) is 0. The van der Waals surface area contributed by atoms with E-state index in [2.05, 4.69) is 48.9 Å². The van der Waals surface area contributed by atoms with Crippen LogP contribution in [0.2, 0.25) is 0 Å². The van der Waals surface area contributed by atoms with Crippen LogP contribution < -0.4 is 5.32 Å². The van der Waals surface area contributed by atoms with Crippen molar-refractivity contribution >= 4 is 0 Å². The van der Waals surface area contributed by atoms with Crippen molar-refractivity contribution in [2.24, 2.45) is 11.3 Å². The van der Waals surface area contributed by atoms with Crippen LogP contribution in [0.1, 0.15) is 71.5 Å². The van der Waals surface area contributed by atoms with Crippen LogP contribution in [0.25, 0.3) is 0 Å². The first-order valence-corrected chi connectivity index (χ1v) is 8.35. The first kappa shape index (κ1) is 15.6. The standard InChI is InChI=1S/C17H31N3/c1-5-12-18-16(15-10-13-19-20(15)6-2)14-9-7-8-11-17(14,3)4/h10,13-14,16,18H,5-9,11-12H2,1-4H3. The maximum atomic E-state index is 4.48. The highest BCUT2D eigenvalue weighted by molar-refractivity contribution is 5.11. The predicted molar refractivity (Wildman–Crippen MR) is 84.7 cm³/mol. The third-order valence-corrected chi connectivity index (χ3v) is 4.97. The van der Waals surface area contributed by atoms with E-state index in [1.54, 1.807) is 0 Å². The van der Waals surface area contributed by atoms with Gasteiger partial charge in [-0.15, -0.1) is 0 Å². The van der Waals surface area contributed by atoms with E-state index in [0.717, 1.165) is 13.1 Å². The van der Waals surface area contributed by atoms with Crippen molar-refractivity contribution in [3.05, 3.63) is 18.0 Å². The largest absolute Gasteiger partial charge is 0.308 e. The van der Waals surface area contributed by atoms with Crippen molar-refractivity contribution in [1.29, 1.82) is 0 Å². The number of aryl methyl sites for hydroxylation is 1. The summed E-state index contributed by atoms with van der Waals surface area (Å²) in [6.45, 7) is 11.4. The van der Waals surface area contributed by atoms with E-state index >= 15 is 0 Å². The number of nitrogens with one attached hydrogen (secondary N) is 1. The summed E-state index contributed by atoms with van der Waals surface area (Å²) in [6.07, 6.45) is 8.58. The monoisotopic (exact) mass is 277 g/mol. The van der Waals surface area contributed by atoms with Gasteiger partial charge in [-0.2, -0.15) is 5.10 Å². The molecule has 1 aromatic rings. The van der Waals surface area contributed by atoms with Gasteiger partial charge in [0.1, 0.15) is 0 Å². The van der Waals surface area contributed by atoms with E-state index in [4.69, 9.17) is 0 Å². The number of nitrogens with zero attached hydrogens (tertiary/aromatic N) is 2. The van der Waals surface area contributed by atoms with Crippen LogP contribution in [0, 0.1) is 11.3 Å². The van der Waals surface area contributed by atoms with E-state index in [9.17, 15) is 0 Å². The van der Waals surface area contributed by atoms with E-state index in [1.807, 2.05) is 6.20 Å². The van der Waals surface area contributed by atoms with Crippen LogP contribution in [0.4, 0.5) is 0 Å². The van der Waals surface area contributed by atoms with Gasteiger partial charge in [-0.05, 0) is 50.1 Å². The number of aromatic nitrogens is 2. The molecule has 0 amide bonds. The Kier molecular flexibility index (Phi) is 5.25. The Labute approximate surface area is 124 Å². The Hall–Kier alpha value is -0.830. The van der Waals surface area contributed by atoms with Crippen molar-refractivity contribution in [2.45, 2.75) is 72.4 Å². The fourth-order valence-electron chi connectivity index (χ4n) is 3.76. The van der Waals surface area contributed by atoms with Gasteiger partial charge in [0, 0.05) is 12.7 Å². The molecule has 3 heteroatoms. The molecule has 0 saturated heterocycles.